The van der Waals surface area contributed by atoms with Crippen LogP contribution in [0.4, 0.5) is 14.5 Å². The molecular formula is C21H21F2N3O2. The maximum Gasteiger partial charge on any atom is 0.251 e. The van der Waals surface area contributed by atoms with Gasteiger partial charge in [0.2, 0.25) is 5.91 Å². The number of imide groups is 1. The van der Waals surface area contributed by atoms with Crippen LogP contribution in [0.3, 0.4) is 0 Å². The van der Waals surface area contributed by atoms with Crippen LogP contribution in [0.15, 0.2) is 48.5 Å². The predicted octanol–water partition coefficient (Wildman–Crippen LogP) is 2.41. The molecule has 1 atom stereocenters. The number of carbonyl (C=O) groups excluding carboxylic acids is 2. The Kier molecular flexibility index (Phi) is 5.19. The standard InChI is InChI=1S/C21H21F2N3O2/c22-16-6-7-18(17(23)12-16)26-20(27)13-19(21(26)28)25-10-8-24(9-11-25)14-15-4-2-1-3-5-15/h1-7,12,19H,8-11,13-14H2. The van der Waals surface area contributed by atoms with Crippen LogP contribution in [0.2, 0.25) is 0 Å². The molecule has 5 nitrogen and oxygen atoms in total. The van der Waals surface area contributed by atoms with E-state index in [0.717, 1.165) is 36.7 Å². The van der Waals surface area contributed by atoms with E-state index in [1.165, 1.54) is 5.56 Å². The lowest BCUT2D eigenvalue weighted by atomic mass is 10.1. The van der Waals surface area contributed by atoms with Crippen molar-refractivity contribution in [2.24, 2.45) is 0 Å². The van der Waals surface area contributed by atoms with Crippen molar-refractivity contribution in [3.05, 3.63) is 65.7 Å². The molecule has 4 rings (SSSR count). The van der Waals surface area contributed by atoms with Crippen LogP contribution in [0.1, 0.15) is 12.0 Å². The molecule has 0 bridgehead atoms. The number of halogens is 2. The number of benzene rings is 2. The molecule has 0 saturated carbocycles. The van der Waals surface area contributed by atoms with E-state index in [4.69, 9.17) is 0 Å². The smallest absolute Gasteiger partial charge is 0.251 e. The van der Waals surface area contributed by atoms with Crippen molar-refractivity contribution in [1.29, 1.82) is 0 Å². The molecule has 1 unspecified atom stereocenters. The molecule has 2 aliphatic heterocycles. The first-order valence-corrected chi connectivity index (χ1v) is 9.35. The van der Waals surface area contributed by atoms with Gasteiger partial charge in [0.05, 0.1) is 18.2 Å². The van der Waals surface area contributed by atoms with Gasteiger partial charge in [-0.15, -0.1) is 0 Å². The molecule has 0 aromatic heterocycles. The summed E-state index contributed by atoms with van der Waals surface area (Å²) in [7, 11) is 0. The zero-order valence-electron chi connectivity index (χ0n) is 15.4. The Hall–Kier alpha value is -2.64. The van der Waals surface area contributed by atoms with Crippen molar-refractivity contribution >= 4 is 17.5 Å². The number of hydrogen-bond acceptors (Lipinski definition) is 4. The maximum absolute atomic E-state index is 14.1. The van der Waals surface area contributed by atoms with Gasteiger partial charge in [0.1, 0.15) is 11.6 Å². The van der Waals surface area contributed by atoms with Crippen LogP contribution in [-0.4, -0.2) is 53.8 Å². The third kappa shape index (κ3) is 3.68. The summed E-state index contributed by atoms with van der Waals surface area (Å²) in [5.74, 6) is -2.54. The second-order valence-corrected chi connectivity index (χ2v) is 7.18. The molecule has 2 heterocycles. The lowest BCUT2D eigenvalue weighted by Gasteiger charge is -2.37. The molecule has 0 spiro atoms. The molecule has 7 heteroatoms. The summed E-state index contributed by atoms with van der Waals surface area (Å²) in [5.41, 5.74) is 1.06. The SMILES string of the molecule is O=C1CC(N2CCN(Cc3ccccc3)CC2)C(=O)N1c1ccc(F)cc1F. The minimum atomic E-state index is -0.907. The van der Waals surface area contributed by atoms with E-state index < -0.39 is 29.5 Å². The minimum Gasteiger partial charge on any atom is -0.297 e. The Morgan fingerprint density at radius 1 is 0.929 bits per heavy atom. The normalized spacial score (nSPS) is 21.5. The summed E-state index contributed by atoms with van der Waals surface area (Å²) in [5, 5.41) is 0. The van der Waals surface area contributed by atoms with Gasteiger partial charge in [-0.2, -0.15) is 0 Å². The highest BCUT2D eigenvalue weighted by Gasteiger charge is 2.44. The summed E-state index contributed by atoms with van der Waals surface area (Å²) in [4.78, 5) is 30.4. The largest absolute Gasteiger partial charge is 0.297 e. The van der Waals surface area contributed by atoms with Crippen LogP contribution in [0, 0.1) is 11.6 Å². The molecule has 0 N–H and O–H groups in total. The highest BCUT2D eigenvalue weighted by atomic mass is 19.1. The fourth-order valence-corrected chi connectivity index (χ4v) is 3.89. The number of hydrogen-bond donors (Lipinski definition) is 0. The predicted molar refractivity (Wildman–Crippen MR) is 101 cm³/mol. The van der Waals surface area contributed by atoms with Crippen LogP contribution in [0.5, 0.6) is 0 Å². The second-order valence-electron chi connectivity index (χ2n) is 7.18. The van der Waals surface area contributed by atoms with Crippen LogP contribution < -0.4 is 4.90 Å². The van der Waals surface area contributed by atoms with Gasteiger partial charge in [-0.25, -0.2) is 13.7 Å². The lowest BCUT2D eigenvalue weighted by Crippen LogP contribution is -2.52. The summed E-state index contributed by atoms with van der Waals surface area (Å²) in [6, 6.07) is 12.5. The third-order valence-electron chi connectivity index (χ3n) is 5.37. The highest BCUT2D eigenvalue weighted by Crippen LogP contribution is 2.29. The number of rotatable bonds is 4. The molecule has 2 aromatic carbocycles. The molecule has 2 aliphatic rings. The van der Waals surface area contributed by atoms with Gasteiger partial charge >= 0.3 is 0 Å². The number of piperazine rings is 1. The molecule has 146 valence electrons. The Labute approximate surface area is 162 Å². The fourth-order valence-electron chi connectivity index (χ4n) is 3.89. The minimum absolute atomic E-state index is 0.0222. The van der Waals surface area contributed by atoms with Gasteiger partial charge in [-0.05, 0) is 17.7 Å². The van der Waals surface area contributed by atoms with Gasteiger partial charge < -0.3 is 0 Å². The fraction of sp³-hybridized carbons (Fsp3) is 0.333. The topological polar surface area (TPSA) is 43.9 Å². The van der Waals surface area contributed by atoms with Gasteiger partial charge in [-0.3, -0.25) is 19.4 Å². The van der Waals surface area contributed by atoms with Crippen LogP contribution in [0.25, 0.3) is 0 Å². The van der Waals surface area contributed by atoms with Crippen LogP contribution in [-0.2, 0) is 16.1 Å². The Bertz CT molecular complexity index is 882. The maximum atomic E-state index is 14.1. The average molecular weight is 385 g/mol. The van der Waals surface area contributed by atoms with Crippen molar-refractivity contribution in [3.8, 4) is 0 Å². The monoisotopic (exact) mass is 385 g/mol. The van der Waals surface area contributed by atoms with E-state index in [0.29, 0.717) is 19.2 Å². The van der Waals surface area contributed by atoms with E-state index in [-0.39, 0.29) is 12.1 Å². The summed E-state index contributed by atoms with van der Waals surface area (Å²) in [6.07, 6.45) is 0.0222. The molecule has 2 fully saturated rings. The Morgan fingerprint density at radius 2 is 1.64 bits per heavy atom. The Balaban J connectivity index is 1.41. The summed E-state index contributed by atoms with van der Waals surface area (Å²) < 4.78 is 27.2. The quantitative estimate of drug-likeness (QED) is 0.759. The van der Waals surface area contributed by atoms with Gasteiger partial charge in [0.25, 0.3) is 5.91 Å². The zero-order chi connectivity index (χ0) is 19.7. The van der Waals surface area contributed by atoms with E-state index >= 15 is 0 Å². The lowest BCUT2D eigenvalue weighted by molar-refractivity contribution is -0.123. The number of amides is 2. The number of nitrogens with zero attached hydrogens (tertiary/aromatic N) is 3. The summed E-state index contributed by atoms with van der Waals surface area (Å²) in [6.45, 7) is 3.75. The van der Waals surface area contributed by atoms with Gasteiger partial charge in [-0.1, -0.05) is 30.3 Å². The van der Waals surface area contributed by atoms with E-state index in [9.17, 15) is 18.4 Å². The molecule has 2 aromatic rings. The first-order chi connectivity index (χ1) is 13.5. The van der Waals surface area contributed by atoms with Crippen molar-refractivity contribution in [2.75, 3.05) is 31.1 Å². The zero-order valence-corrected chi connectivity index (χ0v) is 15.4. The number of anilines is 1. The van der Waals surface area contributed by atoms with E-state index in [1.807, 2.05) is 23.1 Å². The first kappa shape index (κ1) is 18.7. The van der Waals surface area contributed by atoms with Gasteiger partial charge in [0.15, 0.2) is 0 Å². The van der Waals surface area contributed by atoms with Crippen LogP contribution >= 0.6 is 0 Å². The van der Waals surface area contributed by atoms with Crippen molar-refractivity contribution in [2.45, 2.75) is 19.0 Å². The summed E-state index contributed by atoms with van der Waals surface area (Å²) >= 11 is 0. The van der Waals surface area contributed by atoms with E-state index in [1.54, 1.807) is 0 Å². The molecule has 2 saturated heterocycles. The van der Waals surface area contributed by atoms with Crippen molar-refractivity contribution in [1.82, 2.24) is 9.80 Å². The second kappa shape index (κ2) is 7.77. The van der Waals surface area contributed by atoms with Gasteiger partial charge in [0, 0.05) is 38.8 Å². The highest BCUT2D eigenvalue weighted by molar-refractivity contribution is 6.22. The Morgan fingerprint density at radius 3 is 2.32 bits per heavy atom. The average Bonchev–Trinajstić information content (AvgIpc) is 2.98. The molecule has 0 radical (unpaired) electrons. The molecule has 28 heavy (non-hydrogen) atoms. The van der Waals surface area contributed by atoms with Crippen molar-refractivity contribution in [3.63, 3.8) is 0 Å². The molecule has 2 amide bonds. The third-order valence-corrected chi connectivity index (χ3v) is 5.37. The van der Waals surface area contributed by atoms with E-state index in [2.05, 4.69) is 17.0 Å². The first-order valence-electron chi connectivity index (χ1n) is 9.35. The molecule has 0 aliphatic carbocycles. The number of carbonyl (C=O) groups is 2. The molecular weight excluding hydrogens is 364 g/mol. The van der Waals surface area contributed by atoms with Crippen molar-refractivity contribution < 1.29 is 18.4 Å².